The zero-order chi connectivity index (χ0) is 15.5. The van der Waals surface area contributed by atoms with Gasteiger partial charge in [-0.3, -0.25) is 15.0 Å². The Morgan fingerprint density at radius 3 is 2.67 bits per heavy atom. The Bertz CT molecular complexity index is 480. The summed E-state index contributed by atoms with van der Waals surface area (Å²) < 4.78 is 5.33. The van der Waals surface area contributed by atoms with E-state index in [0.717, 1.165) is 25.7 Å². The molecule has 1 aliphatic carbocycles. The number of nitrogens with zero attached hydrogens (tertiary/aromatic N) is 3. The molecule has 1 aromatic rings. The predicted molar refractivity (Wildman–Crippen MR) is 77.9 cm³/mol. The van der Waals surface area contributed by atoms with Crippen molar-refractivity contribution in [3.63, 3.8) is 0 Å². The molecule has 0 atom stereocenters. The number of aliphatic hydroxyl groups is 1. The molecule has 1 fully saturated rings. The van der Waals surface area contributed by atoms with Gasteiger partial charge in [-0.25, -0.2) is 0 Å². The highest BCUT2D eigenvalue weighted by atomic mass is 16.4. The fourth-order valence-corrected chi connectivity index (χ4v) is 2.67. The number of anilines is 1. The van der Waals surface area contributed by atoms with E-state index < -0.39 is 5.60 Å². The third-order valence-corrected chi connectivity index (χ3v) is 3.69. The number of carbonyl (C=O) groups is 1. The normalized spacial score (nSPS) is 17.6. The van der Waals surface area contributed by atoms with Gasteiger partial charge in [-0.05, 0) is 19.9 Å². The van der Waals surface area contributed by atoms with Crippen molar-refractivity contribution in [1.82, 2.24) is 15.1 Å². The van der Waals surface area contributed by atoms with Crippen LogP contribution in [-0.2, 0) is 4.79 Å². The zero-order valence-corrected chi connectivity index (χ0v) is 12.9. The van der Waals surface area contributed by atoms with Crippen LogP contribution in [0, 0.1) is 0 Å². The maximum Gasteiger partial charge on any atom is 0.322 e. The van der Waals surface area contributed by atoms with Crippen molar-refractivity contribution in [1.29, 1.82) is 0 Å². The van der Waals surface area contributed by atoms with E-state index in [0.29, 0.717) is 12.4 Å². The molecule has 7 nitrogen and oxygen atoms in total. The van der Waals surface area contributed by atoms with E-state index in [-0.39, 0.29) is 24.4 Å². The minimum atomic E-state index is -0.648. The lowest BCUT2D eigenvalue weighted by atomic mass is 10.0. The lowest BCUT2D eigenvalue weighted by Gasteiger charge is -2.27. The van der Waals surface area contributed by atoms with Gasteiger partial charge in [0.25, 0.3) is 0 Å². The van der Waals surface area contributed by atoms with Crippen molar-refractivity contribution in [2.45, 2.75) is 51.0 Å². The average molecular weight is 296 g/mol. The fourth-order valence-electron chi connectivity index (χ4n) is 2.67. The van der Waals surface area contributed by atoms with Crippen molar-refractivity contribution in [2.75, 3.05) is 25.5 Å². The predicted octanol–water partition coefficient (Wildman–Crippen LogP) is 1.37. The highest BCUT2D eigenvalue weighted by Crippen LogP contribution is 2.29. The summed E-state index contributed by atoms with van der Waals surface area (Å²) in [5, 5.41) is 20.5. The van der Waals surface area contributed by atoms with Crippen molar-refractivity contribution >= 4 is 11.9 Å². The molecular weight excluding hydrogens is 272 g/mol. The fraction of sp³-hybridized carbons (Fsp3) is 0.786. The highest BCUT2D eigenvalue weighted by Gasteiger charge is 2.32. The first-order chi connectivity index (χ1) is 9.88. The molecule has 2 rings (SSSR count). The number of likely N-dealkylation sites (N-methyl/N-ethyl adjacent to an activating group) is 1. The smallest absolute Gasteiger partial charge is 0.322 e. The number of nitrogens with one attached hydrogen (secondary N) is 1. The Balaban J connectivity index is 1.80. The van der Waals surface area contributed by atoms with E-state index in [1.807, 2.05) is 25.8 Å². The van der Waals surface area contributed by atoms with Gasteiger partial charge in [-0.15, -0.1) is 5.10 Å². The zero-order valence-electron chi connectivity index (χ0n) is 12.9. The molecule has 7 heteroatoms. The maximum absolute atomic E-state index is 11.9. The number of hydrogen-bond donors (Lipinski definition) is 2. The summed E-state index contributed by atoms with van der Waals surface area (Å²) in [5.41, 5.74) is -0.648. The second kappa shape index (κ2) is 6.53. The topological polar surface area (TPSA) is 91.5 Å². The third-order valence-electron chi connectivity index (χ3n) is 3.69. The molecule has 21 heavy (non-hydrogen) atoms. The highest BCUT2D eigenvalue weighted by molar-refractivity contribution is 5.90. The van der Waals surface area contributed by atoms with Gasteiger partial charge in [0.2, 0.25) is 11.8 Å². The first-order valence-corrected chi connectivity index (χ1v) is 7.42. The van der Waals surface area contributed by atoms with E-state index >= 15 is 0 Å². The molecule has 0 bridgehead atoms. The molecule has 0 spiro atoms. The molecule has 0 unspecified atom stereocenters. The summed E-state index contributed by atoms with van der Waals surface area (Å²) in [6, 6.07) is 0.122. The van der Waals surface area contributed by atoms with Gasteiger partial charge >= 0.3 is 6.01 Å². The molecule has 1 amide bonds. The Kier molecular flexibility index (Phi) is 4.95. The molecule has 1 heterocycles. The average Bonchev–Trinajstić information content (AvgIpc) is 2.98. The number of hydrogen-bond acceptors (Lipinski definition) is 6. The SMILES string of the molecule is CC(C)c1nnc(NC(=O)CN(C)CC2(O)CCCC2)o1. The van der Waals surface area contributed by atoms with Crippen LogP contribution in [0.25, 0.3) is 0 Å². The first-order valence-electron chi connectivity index (χ1n) is 7.42. The lowest BCUT2D eigenvalue weighted by molar-refractivity contribution is -0.117. The molecule has 1 aliphatic rings. The standard InChI is InChI=1S/C14H24N4O3/c1-10(2)12-16-17-13(21-12)15-11(19)8-18(3)9-14(20)6-4-5-7-14/h10,20H,4-9H2,1-3H3,(H,15,17,19). The van der Waals surface area contributed by atoms with Crippen LogP contribution >= 0.6 is 0 Å². The summed E-state index contributed by atoms with van der Waals surface area (Å²) in [4.78, 5) is 13.7. The number of rotatable bonds is 6. The van der Waals surface area contributed by atoms with Gasteiger partial charge < -0.3 is 9.52 Å². The number of carbonyl (C=O) groups excluding carboxylic acids is 1. The Morgan fingerprint density at radius 1 is 1.43 bits per heavy atom. The largest absolute Gasteiger partial charge is 0.408 e. The van der Waals surface area contributed by atoms with Gasteiger partial charge in [0.1, 0.15) is 0 Å². The minimum Gasteiger partial charge on any atom is -0.408 e. The van der Waals surface area contributed by atoms with E-state index in [1.54, 1.807) is 0 Å². The first kappa shape index (κ1) is 15.9. The molecule has 0 radical (unpaired) electrons. The van der Waals surface area contributed by atoms with Gasteiger partial charge in [-0.1, -0.05) is 31.8 Å². The molecule has 1 saturated carbocycles. The third kappa shape index (κ3) is 4.50. The Labute approximate surface area is 124 Å². The maximum atomic E-state index is 11.9. The van der Waals surface area contributed by atoms with Crippen molar-refractivity contribution < 1.29 is 14.3 Å². The second-order valence-corrected chi connectivity index (χ2v) is 6.25. The van der Waals surface area contributed by atoms with Gasteiger partial charge in [0, 0.05) is 12.5 Å². The molecule has 2 N–H and O–H groups in total. The minimum absolute atomic E-state index is 0.122. The quantitative estimate of drug-likeness (QED) is 0.824. The van der Waals surface area contributed by atoms with Crippen LogP contribution < -0.4 is 5.32 Å². The number of amides is 1. The second-order valence-electron chi connectivity index (χ2n) is 6.25. The molecule has 1 aromatic heterocycles. The van der Waals surface area contributed by atoms with Gasteiger partial charge in [0.05, 0.1) is 12.1 Å². The van der Waals surface area contributed by atoms with Gasteiger partial charge in [-0.2, -0.15) is 0 Å². The summed E-state index contributed by atoms with van der Waals surface area (Å²) in [5.74, 6) is 0.402. The van der Waals surface area contributed by atoms with Crippen LogP contribution in [-0.4, -0.2) is 51.8 Å². The van der Waals surface area contributed by atoms with E-state index in [4.69, 9.17) is 4.42 Å². The summed E-state index contributed by atoms with van der Waals surface area (Å²) in [6.45, 7) is 4.56. The number of aromatic nitrogens is 2. The van der Waals surface area contributed by atoms with E-state index in [9.17, 15) is 9.90 Å². The monoisotopic (exact) mass is 296 g/mol. The Hall–Kier alpha value is -1.47. The van der Waals surface area contributed by atoms with Gasteiger partial charge in [0.15, 0.2) is 0 Å². The molecular formula is C14H24N4O3. The van der Waals surface area contributed by atoms with Crippen LogP contribution in [0.4, 0.5) is 6.01 Å². The van der Waals surface area contributed by atoms with Crippen LogP contribution in [0.5, 0.6) is 0 Å². The van der Waals surface area contributed by atoms with Crippen molar-refractivity contribution in [3.05, 3.63) is 5.89 Å². The Morgan fingerprint density at radius 2 is 2.10 bits per heavy atom. The van der Waals surface area contributed by atoms with Crippen LogP contribution in [0.1, 0.15) is 51.3 Å². The molecule has 0 aromatic carbocycles. The summed E-state index contributed by atoms with van der Waals surface area (Å²) in [6.07, 6.45) is 3.72. The summed E-state index contributed by atoms with van der Waals surface area (Å²) >= 11 is 0. The molecule has 0 saturated heterocycles. The summed E-state index contributed by atoms with van der Waals surface area (Å²) in [7, 11) is 1.82. The van der Waals surface area contributed by atoms with Crippen LogP contribution in [0.3, 0.4) is 0 Å². The molecule has 118 valence electrons. The van der Waals surface area contributed by atoms with E-state index in [2.05, 4.69) is 15.5 Å². The van der Waals surface area contributed by atoms with Crippen molar-refractivity contribution in [3.8, 4) is 0 Å². The van der Waals surface area contributed by atoms with E-state index in [1.165, 1.54) is 0 Å². The van der Waals surface area contributed by atoms with Crippen molar-refractivity contribution in [2.24, 2.45) is 0 Å². The lowest BCUT2D eigenvalue weighted by Crippen LogP contribution is -2.42. The van der Waals surface area contributed by atoms with Crippen LogP contribution in [0.2, 0.25) is 0 Å². The molecule has 0 aliphatic heterocycles. The van der Waals surface area contributed by atoms with Crippen LogP contribution in [0.15, 0.2) is 4.42 Å².